The van der Waals surface area contributed by atoms with Gasteiger partial charge in [0, 0.05) is 26.3 Å². The van der Waals surface area contributed by atoms with Gasteiger partial charge in [-0.25, -0.2) is 4.39 Å². The first kappa shape index (κ1) is 18.5. The fraction of sp³-hybridized carbons (Fsp3) is 0.308. The van der Waals surface area contributed by atoms with Crippen LogP contribution in [0.3, 0.4) is 0 Å². The number of hydrogen-bond acceptors (Lipinski definition) is 2. The monoisotopic (exact) mass is 387 g/mol. The van der Waals surface area contributed by atoms with Crippen molar-refractivity contribution < 1.29 is 9.13 Å². The molecular formula is C26H26FNO. The zero-order valence-electron chi connectivity index (χ0n) is 16.6. The second kappa shape index (κ2) is 8.10. The van der Waals surface area contributed by atoms with Crippen molar-refractivity contribution >= 4 is 0 Å². The summed E-state index contributed by atoms with van der Waals surface area (Å²) in [7, 11) is 0. The molecule has 1 saturated heterocycles. The minimum Gasteiger partial charge on any atom is -0.381 e. The number of ether oxygens (including phenoxy) is 1. The highest BCUT2D eigenvalue weighted by atomic mass is 19.1. The van der Waals surface area contributed by atoms with Gasteiger partial charge in [0.1, 0.15) is 5.82 Å². The van der Waals surface area contributed by atoms with E-state index in [0.717, 1.165) is 50.3 Å². The molecule has 0 N–H and O–H groups in total. The molecule has 0 radical (unpaired) electrons. The SMILES string of the molecule is Fc1cc2c(cc1C1CCOCC1)CN(C(c1ccccc1)c1ccccc1)C2. The molecule has 0 amide bonds. The Kier molecular flexibility index (Phi) is 5.17. The predicted octanol–water partition coefficient (Wildman–Crippen LogP) is 5.82. The molecule has 3 heteroatoms. The van der Waals surface area contributed by atoms with Crippen LogP contribution in [0.1, 0.15) is 52.6 Å². The van der Waals surface area contributed by atoms with Crippen LogP contribution in [0.25, 0.3) is 0 Å². The van der Waals surface area contributed by atoms with Gasteiger partial charge < -0.3 is 4.74 Å². The van der Waals surface area contributed by atoms with Gasteiger partial charge in [-0.1, -0.05) is 66.7 Å². The Bertz CT molecular complexity index is 927. The Morgan fingerprint density at radius 1 is 0.793 bits per heavy atom. The van der Waals surface area contributed by atoms with E-state index >= 15 is 0 Å². The van der Waals surface area contributed by atoms with Crippen molar-refractivity contribution in [3.8, 4) is 0 Å². The van der Waals surface area contributed by atoms with E-state index in [9.17, 15) is 4.39 Å². The van der Waals surface area contributed by atoms with Crippen molar-refractivity contribution in [3.05, 3.63) is 106 Å². The molecule has 3 aromatic rings. The minimum absolute atomic E-state index is 0.0477. The van der Waals surface area contributed by atoms with E-state index < -0.39 is 0 Å². The Balaban J connectivity index is 1.47. The van der Waals surface area contributed by atoms with E-state index in [1.54, 1.807) is 6.07 Å². The number of rotatable bonds is 4. The molecule has 2 aliphatic rings. The molecule has 0 atom stereocenters. The molecule has 0 unspecified atom stereocenters. The van der Waals surface area contributed by atoms with Gasteiger partial charge in [0.05, 0.1) is 6.04 Å². The van der Waals surface area contributed by atoms with Crippen LogP contribution in [-0.2, 0) is 17.8 Å². The van der Waals surface area contributed by atoms with Crippen LogP contribution >= 0.6 is 0 Å². The average molecular weight is 387 g/mol. The fourth-order valence-corrected chi connectivity index (χ4v) is 4.85. The molecule has 148 valence electrons. The summed E-state index contributed by atoms with van der Waals surface area (Å²) in [5.41, 5.74) is 5.82. The lowest BCUT2D eigenvalue weighted by Gasteiger charge is -2.28. The van der Waals surface area contributed by atoms with Crippen molar-refractivity contribution in [3.63, 3.8) is 0 Å². The highest BCUT2D eigenvalue weighted by Gasteiger charge is 2.30. The number of fused-ring (bicyclic) bond motifs is 1. The summed E-state index contributed by atoms with van der Waals surface area (Å²) in [6.45, 7) is 3.09. The highest BCUT2D eigenvalue weighted by Crippen LogP contribution is 2.38. The maximum Gasteiger partial charge on any atom is 0.127 e. The lowest BCUT2D eigenvalue weighted by Crippen LogP contribution is -2.24. The normalized spacial score (nSPS) is 17.6. The topological polar surface area (TPSA) is 12.5 Å². The molecule has 29 heavy (non-hydrogen) atoms. The predicted molar refractivity (Wildman–Crippen MR) is 113 cm³/mol. The molecule has 0 bridgehead atoms. The second-order valence-electron chi connectivity index (χ2n) is 8.16. The zero-order chi connectivity index (χ0) is 19.6. The molecule has 0 spiro atoms. The van der Waals surface area contributed by atoms with E-state index in [2.05, 4.69) is 71.6 Å². The van der Waals surface area contributed by atoms with Crippen LogP contribution in [0, 0.1) is 5.82 Å². The van der Waals surface area contributed by atoms with Gasteiger partial charge >= 0.3 is 0 Å². The molecule has 5 rings (SSSR count). The van der Waals surface area contributed by atoms with Gasteiger partial charge in [-0.05, 0) is 52.6 Å². The van der Waals surface area contributed by atoms with E-state index in [-0.39, 0.29) is 17.8 Å². The molecule has 3 aromatic carbocycles. The largest absolute Gasteiger partial charge is 0.381 e. The van der Waals surface area contributed by atoms with Gasteiger partial charge in [0.25, 0.3) is 0 Å². The van der Waals surface area contributed by atoms with Crippen LogP contribution < -0.4 is 0 Å². The molecule has 0 aromatic heterocycles. The lowest BCUT2D eigenvalue weighted by molar-refractivity contribution is 0.0846. The zero-order valence-corrected chi connectivity index (χ0v) is 16.6. The molecule has 1 fully saturated rings. The van der Waals surface area contributed by atoms with Crippen molar-refractivity contribution in [2.45, 2.75) is 37.9 Å². The molecule has 2 aliphatic heterocycles. The highest BCUT2D eigenvalue weighted by molar-refractivity contribution is 5.40. The van der Waals surface area contributed by atoms with Crippen LogP contribution in [0.5, 0.6) is 0 Å². The Morgan fingerprint density at radius 2 is 1.34 bits per heavy atom. The standard InChI is InChI=1S/C26H26FNO/c27-25-16-23-18-28(17-22(23)15-24(25)19-11-13-29-14-12-19)26(20-7-3-1-4-8-20)21-9-5-2-6-10-21/h1-10,15-16,19,26H,11-14,17-18H2. The van der Waals surface area contributed by atoms with E-state index in [1.807, 2.05) is 0 Å². The summed E-state index contributed by atoms with van der Waals surface area (Å²) in [6.07, 6.45) is 1.83. The number of hydrogen-bond donors (Lipinski definition) is 0. The summed E-state index contributed by atoms with van der Waals surface area (Å²) >= 11 is 0. The Labute approximate surface area is 171 Å². The second-order valence-corrected chi connectivity index (χ2v) is 8.16. The first-order valence-corrected chi connectivity index (χ1v) is 10.5. The third kappa shape index (κ3) is 3.73. The number of halogens is 1. The first-order chi connectivity index (χ1) is 14.3. The maximum absolute atomic E-state index is 14.9. The van der Waals surface area contributed by atoms with Gasteiger partial charge in [-0.15, -0.1) is 0 Å². The summed E-state index contributed by atoms with van der Waals surface area (Å²) < 4.78 is 20.4. The molecule has 2 heterocycles. The Hall–Kier alpha value is -2.49. The van der Waals surface area contributed by atoms with Crippen LogP contribution in [0.4, 0.5) is 4.39 Å². The molecule has 0 saturated carbocycles. The molecule has 0 aliphatic carbocycles. The van der Waals surface area contributed by atoms with Gasteiger partial charge in [-0.3, -0.25) is 4.90 Å². The average Bonchev–Trinajstić information content (AvgIpc) is 3.17. The minimum atomic E-state index is -0.0477. The van der Waals surface area contributed by atoms with Crippen LogP contribution in [0.15, 0.2) is 72.8 Å². The van der Waals surface area contributed by atoms with Gasteiger partial charge in [-0.2, -0.15) is 0 Å². The van der Waals surface area contributed by atoms with Crippen molar-refractivity contribution in [2.24, 2.45) is 0 Å². The van der Waals surface area contributed by atoms with Gasteiger partial charge in [0.2, 0.25) is 0 Å². The van der Waals surface area contributed by atoms with Crippen LogP contribution in [0.2, 0.25) is 0 Å². The summed E-state index contributed by atoms with van der Waals surface area (Å²) in [5, 5.41) is 0. The molecule has 2 nitrogen and oxygen atoms in total. The van der Waals surface area contributed by atoms with Crippen molar-refractivity contribution in [1.29, 1.82) is 0 Å². The van der Waals surface area contributed by atoms with Crippen molar-refractivity contribution in [1.82, 2.24) is 4.90 Å². The summed E-state index contributed by atoms with van der Waals surface area (Å²) in [5.74, 6) is 0.232. The lowest BCUT2D eigenvalue weighted by atomic mass is 9.89. The number of nitrogens with zero attached hydrogens (tertiary/aromatic N) is 1. The van der Waals surface area contributed by atoms with Crippen molar-refractivity contribution in [2.75, 3.05) is 13.2 Å². The summed E-state index contributed by atoms with van der Waals surface area (Å²) in [4.78, 5) is 2.46. The molecular weight excluding hydrogens is 361 g/mol. The van der Waals surface area contributed by atoms with E-state index in [1.165, 1.54) is 16.7 Å². The number of benzene rings is 3. The quantitative estimate of drug-likeness (QED) is 0.559. The van der Waals surface area contributed by atoms with E-state index in [0.29, 0.717) is 0 Å². The fourth-order valence-electron chi connectivity index (χ4n) is 4.85. The van der Waals surface area contributed by atoms with Gasteiger partial charge in [0.15, 0.2) is 0 Å². The van der Waals surface area contributed by atoms with E-state index in [4.69, 9.17) is 4.74 Å². The third-order valence-electron chi connectivity index (χ3n) is 6.32. The first-order valence-electron chi connectivity index (χ1n) is 10.5. The Morgan fingerprint density at radius 3 is 1.93 bits per heavy atom. The van der Waals surface area contributed by atoms with Crippen LogP contribution in [-0.4, -0.2) is 18.1 Å². The third-order valence-corrected chi connectivity index (χ3v) is 6.32. The summed E-state index contributed by atoms with van der Waals surface area (Å²) in [6, 6.07) is 25.3. The maximum atomic E-state index is 14.9. The smallest absolute Gasteiger partial charge is 0.127 e.